The molecule has 0 aliphatic carbocycles. The highest BCUT2D eigenvalue weighted by Crippen LogP contribution is 2.27. The number of nitrogens with zero attached hydrogens (tertiary/aromatic N) is 1. The largest absolute Gasteiger partial charge is 0.280 e. The lowest BCUT2D eigenvalue weighted by Crippen LogP contribution is -2.44. The molecule has 1 atom stereocenters. The van der Waals surface area contributed by atoms with Crippen LogP contribution in [0.25, 0.3) is 0 Å². The fourth-order valence-corrected chi connectivity index (χ4v) is 2.17. The lowest BCUT2D eigenvalue weighted by atomic mass is 9.91. The van der Waals surface area contributed by atoms with E-state index in [0.717, 1.165) is 22.9 Å². The maximum Gasteiger partial charge on any atom is 0.243 e. The van der Waals surface area contributed by atoms with Gasteiger partial charge in [0.2, 0.25) is 5.91 Å². The van der Waals surface area contributed by atoms with E-state index in [1.807, 2.05) is 24.3 Å². The summed E-state index contributed by atoms with van der Waals surface area (Å²) in [7, 11) is 0. The smallest absolute Gasteiger partial charge is 0.243 e. The van der Waals surface area contributed by atoms with Gasteiger partial charge in [-0.2, -0.15) is 0 Å². The summed E-state index contributed by atoms with van der Waals surface area (Å²) in [5.41, 5.74) is 1.05. The van der Waals surface area contributed by atoms with Crippen molar-refractivity contribution in [3.8, 4) is 0 Å². The zero-order valence-corrected chi connectivity index (χ0v) is 9.90. The minimum atomic E-state index is -0.0585. The van der Waals surface area contributed by atoms with Crippen molar-refractivity contribution in [2.45, 2.75) is 18.8 Å². The van der Waals surface area contributed by atoms with Gasteiger partial charge in [0.1, 0.15) is 0 Å². The molecule has 15 heavy (non-hydrogen) atoms. The molecule has 0 bridgehead atoms. The molecule has 0 radical (unpaired) electrons. The van der Waals surface area contributed by atoms with E-state index >= 15 is 0 Å². The predicted octanol–water partition coefficient (Wildman–Crippen LogP) is 2.03. The molecule has 0 spiro atoms. The second-order valence-electron chi connectivity index (χ2n) is 3.78. The standard InChI is InChI=1S/C11H13BrN2O/c12-9-5-3-8(4-6-9)10-2-1-7-14(13)11(10)15/h3-6,10H,1-2,7,13H2. The number of hydrogen-bond donors (Lipinski definition) is 1. The van der Waals surface area contributed by atoms with E-state index in [1.54, 1.807) is 0 Å². The van der Waals surface area contributed by atoms with Crippen molar-refractivity contribution in [3.05, 3.63) is 34.3 Å². The highest BCUT2D eigenvalue weighted by molar-refractivity contribution is 9.10. The van der Waals surface area contributed by atoms with Gasteiger partial charge in [0.15, 0.2) is 0 Å². The fraction of sp³-hybridized carbons (Fsp3) is 0.364. The van der Waals surface area contributed by atoms with Crippen molar-refractivity contribution >= 4 is 21.8 Å². The Hall–Kier alpha value is -0.870. The van der Waals surface area contributed by atoms with Crippen LogP contribution in [-0.2, 0) is 4.79 Å². The van der Waals surface area contributed by atoms with Crippen LogP contribution in [-0.4, -0.2) is 17.5 Å². The van der Waals surface area contributed by atoms with Gasteiger partial charge in [0.25, 0.3) is 0 Å². The summed E-state index contributed by atoms with van der Waals surface area (Å²) in [6.07, 6.45) is 1.87. The lowest BCUT2D eigenvalue weighted by Gasteiger charge is -2.28. The maximum atomic E-state index is 11.8. The van der Waals surface area contributed by atoms with E-state index in [4.69, 9.17) is 5.84 Å². The van der Waals surface area contributed by atoms with Gasteiger partial charge < -0.3 is 0 Å². The van der Waals surface area contributed by atoms with E-state index in [-0.39, 0.29) is 11.8 Å². The highest BCUT2D eigenvalue weighted by atomic mass is 79.9. The molecule has 1 aromatic carbocycles. The van der Waals surface area contributed by atoms with Crippen molar-refractivity contribution in [1.82, 2.24) is 5.01 Å². The predicted molar refractivity (Wildman–Crippen MR) is 62.0 cm³/mol. The van der Waals surface area contributed by atoms with Crippen molar-refractivity contribution in [2.24, 2.45) is 5.84 Å². The average molecular weight is 269 g/mol. The van der Waals surface area contributed by atoms with E-state index in [0.29, 0.717) is 6.54 Å². The summed E-state index contributed by atoms with van der Waals surface area (Å²) in [4.78, 5) is 11.8. The summed E-state index contributed by atoms with van der Waals surface area (Å²) in [5.74, 6) is 5.58. The van der Waals surface area contributed by atoms with E-state index in [2.05, 4.69) is 15.9 Å². The van der Waals surface area contributed by atoms with Gasteiger partial charge in [-0.1, -0.05) is 28.1 Å². The van der Waals surface area contributed by atoms with Gasteiger partial charge in [-0.3, -0.25) is 9.80 Å². The van der Waals surface area contributed by atoms with Gasteiger partial charge in [-0.05, 0) is 30.5 Å². The van der Waals surface area contributed by atoms with Crippen LogP contribution in [0.3, 0.4) is 0 Å². The molecular weight excluding hydrogens is 256 g/mol. The zero-order chi connectivity index (χ0) is 10.8. The molecule has 0 aromatic heterocycles. The number of hydrazine groups is 1. The van der Waals surface area contributed by atoms with Crippen molar-refractivity contribution in [2.75, 3.05) is 6.54 Å². The van der Waals surface area contributed by atoms with E-state index in [1.165, 1.54) is 5.01 Å². The number of nitrogens with two attached hydrogens (primary N) is 1. The van der Waals surface area contributed by atoms with Crippen LogP contribution in [0.5, 0.6) is 0 Å². The Morgan fingerprint density at radius 1 is 1.33 bits per heavy atom. The number of piperidine rings is 1. The van der Waals surface area contributed by atoms with Crippen LogP contribution in [0.15, 0.2) is 28.7 Å². The van der Waals surface area contributed by atoms with Gasteiger partial charge >= 0.3 is 0 Å². The van der Waals surface area contributed by atoms with Crippen LogP contribution >= 0.6 is 15.9 Å². The summed E-state index contributed by atoms with van der Waals surface area (Å²) in [6, 6.07) is 7.87. The summed E-state index contributed by atoms with van der Waals surface area (Å²) < 4.78 is 1.03. The van der Waals surface area contributed by atoms with Crippen LogP contribution in [0, 0.1) is 0 Å². The molecule has 3 nitrogen and oxygen atoms in total. The molecule has 1 aromatic rings. The molecule has 80 valence electrons. The molecule has 1 heterocycles. The summed E-state index contributed by atoms with van der Waals surface area (Å²) in [5, 5.41) is 1.33. The van der Waals surface area contributed by atoms with Crippen molar-refractivity contribution in [1.29, 1.82) is 0 Å². The molecule has 1 amide bonds. The third-order valence-electron chi connectivity index (χ3n) is 2.75. The molecule has 1 unspecified atom stereocenters. The average Bonchev–Trinajstić information content (AvgIpc) is 2.24. The van der Waals surface area contributed by atoms with E-state index in [9.17, 15) is 4.79 Å². The summed E-state index contributed by atoms with van der Waals surface area (Å²) >= 11 is 3.38. The molecule has 2 N–H and O–H groups in total. The van der Waals surface area contributed by atoms with Crippen LogP contribution < -0.4 is 5.84 Å². The minimum absolute atomic E-state index is 0.0311. The van der Waals surface area contributed by atoms with Gasteiger partial charge in [-0.25, -0.2) is 5.84 Å². The van der Waals surface area contributed by atoms with Crippen molar-refractivity contribution in [3.63, 3.8) is 0 Å². The zero-order valence-electron chi connectivity index (χ0n) is 8.32. The Kier molecular flexibility index (Phi) is 3.07. The number of benzene rings is 1. The molecule has 0 saturated carbocycles. The fourth-order valence-electron chi connectivity index (χ4n) is 1.90. The lowest BCUT2D eigenvalue weighted by molar-refractivity contribution is -0.135. The Bertz CT molecular complexity index is 363. The normalized spacial score (nSPS) is 21.9. The topological polar surface area (TPSA) is 46.3 Å². The first-order chi connectivity index (χ1) is 7.18. The third-order valence-corrected chi connectivity index (χ3v) is 3.27. The number of carbonyl (C=O) groups is 1. The maximum absolute atomic E-state index is 11.8. The molecule has 1 fully saturated rings. The number of carbonyl (C=O) groups excluding carboxylic acids is 1. The quantitative estimate of drug-likeness (QED) is 0.626. The number of halogens is 1. The third kappa shape index (κ3) is 2.21. The first-order valence-electron chi connectivity index (χ1n) is 5.00. The minimum Gasteiger partial charge on any atom is -0.280 e. The molecule has 1 saturated heterocycles. The SMILES string of the molecule is NN1CCCC(c2ccc(Br)cc2)C1=O. The van der Waals surface area contributed by atoms with Crippen LogP contribution in [0.4, 0.5) is 0 Å². The van der Waals surface area contributed by atoms with Gasteiger partial charge in [-0.15, -0.1) is 0 Å². The monoisotopic (exact) mass is 268 g/mol. The Labute approximate surface area is 97.3 Å². The highest BCUT2D eigenvalue weighted by Gasteiger charge is 2.27. The first kappa shape index (κ1) is 10.6. The molecule has 4 heteroatoms. The van der Waals surface area contributed by atoms with E-state index < -0.39 is 0 Å². The Balaban J connectivity index is 2.22. The van der Waals surface area contributed by atoms with Crippen LogP contribution in [0.1, 0.15) is 24.3 Å². The van der Waals surface area contributed by atoms with Crippen molar-refractivity contribution < 1.29 is 4.79 Å². The Morgan fingerprint density at radius 3 is 2.67 bits per heavy atom. The summed E-state index contributed by atoms with van der Waals surface area (Å²) in [6.45, 7) is 0.672. The molecule has 1 aliphatic rings. The second-order valence-corrected chi connectivity index (χ2v) is 4.69. The molecular formula is C11H13BrN2O. The number of hydrogen-bond acceptors (Lipinski definition) is 2. The van der Waals surface area contributed by atoms with Gasteiger partial charge in [0, 0.05) is 11.0 Å². The molecule has 1 aliphatic heterocycles. The molecule has 2 rings (SSSR count). The Morgan fingerprint density at radius 2 is 2.00 bits per heavy atom. The number of amides is 1. The van der Waals surface area contributed by atoms with Gasteiger partial charge in [0.05, 0.1) is 5.92 Å². The second kappa shape index (κ2) is 4.33. The first-order valence-corrected chi connectivity index (χ1v) is 5.79. The van der Waals surface area contributed by atoms with Crippen LogP contribution in [0.2, 0.25) is 0 Å². The number of rotatable bonds is 1.